The van der Waals surface area contributed by atoms with Crippen molar-refractivity contribution in [1.29, 1.82) is 0 Å². The van der Waals surface area contributed by atoms with E-state index in [0.717, 1.165) is 0 Å². The molecule has 0 spiro atoms. The predicted octanol–water partition coefficient (Wildman–Crippen LogP) is 2.35. The molecule has 1 aliphatic carbocycles. The van der Waals surface area contributed by atoms with Crippen LogP contribution in [0.2, 0.25) is 5.02 Å². The molecule has 21 heavy (non-hydrogen) atoms. The minimum absolute atomic E-state index is 0.137. The number of nitrogens with two attached hydrogens (primary N) is 1. The van der Waals surface area contributed by atoms with Gasteiger partial charge in [0.05, 0.1) is 16.0 Å². The largest absolute Gasteiger partial charge is 0.489 e. The van der Waals surface area contributed by atoms with Gasteiger partial charge in [-0.1, -0.05) is 11.6 Å². The number of ether oxygens (including phenoxy) is 1. The Kier molecular flexibility index (Phi) is 4.34. The van der Waals surface area contributed by atoms with Gasteiger partial charge in [0.2, 0.25) is 0 Å². The monoisotopic (exact) mass is 314 g/mol. The molecule has 1 aliphatic rings. The summed E-state index contributed by atoms with van der Waals surface area (Å²) in [5, 5.41) is 20.2. The van der Waals surface area contributed by atoms with Crippen LogP contribution in [0.1, 0.15) is 25.7 Å². The molecule has 1 aromatic rings. The van der Waals surface area contributed by atoms with Gasteiger partial charge in [0, 0.05) is 12.5 Å². The highest BCUT2D eigenvalue weighted by atomic mass is 35.5. The first kappa shape index (κ1) is 15.5. The molecule has 1 saturated carbocycles. The fourth-order valence-electron chi connectivity index (χ4n) is 2.43. The van der Waals surface area contributed by atoms with E-state index in [9.17, 15) is 14.9 Å². The maximum Gasteiger partial charge on any atom is 0.323 e. The van der Waals surface area contributed by atoms with Crippen molar-refractivity contribution in [2.24, 2.45) is 5.73 Å². The molecule has 7 nitrogen and oxygen atoms in total. The Morgan fingerprint density at radius 2 is 2.29 bits per heavy atom. The predicted molar refractivity (Wildman–Crippen MR) is 75.5 cm³/mol. The van der Waals surface area contributed by atoms with Crippen molar-refractivity contribution in [3.63, 3.8) is 0 Å². The lowest BCUT2D eigenvalue weighted by atomic mass is 9.81. The van der Waals surface area contributed by atoms with Crippen LogP contribution in [-0.4, -0.2) is 27.6 Å². The summed E-state index contributed by atoms with van der Waals surface area (Å²) in [6.07, 6.45) is 1.33. The molecule has 0 heterocycles. The molecule has 0 radical (unpaired) electrons. The SMILES string of the molecule is NC1(C(=O)O)CCCC(Oc2cc([N+](=O)[O-])ccc2Cl)C1. The highest BCUT2D eigenvalue weighted by Crippen LogP contribution is 2.34. The number of benzene rings is 1. The second-order valence-corrected chi connectivity index (χ2v) is 5.58. The molecule has 0 bridgehead atoms. The summed E-state index contributed by atoms with van der Waals surface area (Å²) in [4.78, 5) is 21.4. The number of halogens is 1. The van der Waals surface area contributed by atoms with Gasteiger partial charge < -0.3 is 15.6 Å². The van der Waals surface area contributed by atoms with E-state index in [2.05, 4.69) is 0 Å². The van der Waals surface area contributed by atoms with Crippen LogP contribution in [0.3, 0.4) is 0 Å². The number of rotatable bonds is 4. The maximum absolute atomic E-state index is 11.2. The third kappa shape index (κ3) is 3.43. The van der Waals surface area contributed by atoms with Crippen molar-refractivity contribution in [2.45, 2.75) is 37.3 Å². The molecule has 2 unspecified atom stereocenters. The zero-order valence-corrected chi connectivity index (χ0v) is 11.9. The van der Waals surface area contributed by atoms with Crippen LogP contribution in [0.25, 0.3) is 0 Å². The van der Waals surface area contributed by atoms with Crippen molar-refractivity contribution >= 4 is 23.3 Å². The lowest BCUT2D eigenvalue weighted by molar-refractivity contribution is -0.384. The molecule has 2 rings (SSSR count). The summed E-state index contributed by atoms with van der Waals surface area (Å²) in [7, 11) is 0. The summed E-state index contributed by atoms with van der Waals surface area (Å²) in [5.41, 5.74) is 4.38. The van der Waals surface area contributed by atoms with E-state index in [1.807, 2.05) is 0 Å². The van der Waals surface area contributed by atoms with Crippen LogP contribution in [0.5, 0.6) is 5.75 Å². The number of nitrogens with zero attached hydrogens (tertiary/aromatic N) is 1. The van der Waals surface area contributed by atoms with Crippen LogP contribution in [0.15, 0.2) is 18.2 Å². The highest BCUT2D eigenvalue weighted by Gasteiger charge is 2.40. The zero-order chi connectivity index (χ0) is 15.6. The molecule has 114 valence electrons. The van der Waals surface area contributed by atoms with E-state index in [-0.39, 0.29) is 22.9 Å². The number of aliphatic carboxylic acids is 1. The zero-order valence-electron chi connectivity index (χ0n) is 11.1. The third-order valence-electron chi connectivity index (χ3n) is 3.59. The van der Waals surface area contributed by atoms with Crippen molar-refractivity contribution in [3.8, 4) is 5.75 Å². The topological polar surface area (TPSA) is 116 Å². The van der Waals surface area contributed by atoms with Gasteiger partial charge in [-0.2, -0.15) is 0 Å². The molecule has 0 aliphatic heterocycles. The van der Waals surface area contributed by atoms with E-state index < -0.39 is 22.5 Å². The maximum atomic E-state index is 11.2. The van der Waals surface area contributed by atoms with Gasteiger partial charge in [-0.25, -0.2) is 0 Å². The number of hydrogen-bond acceptors (Lipinski definition) is 5. The summed E-state index contributed by atoms with van der Waals surface area (Å²) in [6, 6.07) is 3.89. The molecule has 2 atom stereocenters. The minimum Gasteiger partial charge on any atom is -0.489 e. The van der Waals surface area contributed by atoms with Gasteiger partial charge in [-0.05, 0) is 25.3 Å². The molecular formula is C13H15ClN2O5. The van der Waals surface area contributed by atoms with Crippen molar-refractivity contribution < 1.29 is 19.6 Å². The Hall–Kier alpha value is -1.86. The minimum atomic E-state index is -1.32. The van der Waals surface area contributed by atoms with E-state index in [0.29, 0.717) is 19.3 Å². The fourth-order valence-corrected chi connectivity index (χ4v) is 2.59. The van der Waals surface area contributed by atoms with Crippen LogP contribution in [-0.2, 0) is 4.79 Å². The first-order valence-electron chi connectivity index (χ1n) is 6.45. The quantitative estimate of drug-likeness (QED) is 0.651. The molecule has 0 aromatic heterocycles. The van der Waals surface area contributed by atoms with Crippen molar-refractivity contribution in [2.75, 3.05) is 0 Å². The van der Waals surface area contributed by atoms with Gasteiger partial charge in [-0.3, -0.25) is 14.9 Å². The number of carbonyl (C=O) groups is 1. The number of nitro groups is 1. The Morgan fingerprint density at radius 1 is 1.57 bits per heavy atom. The molecule has 1 fully saturated rings. The first-order valence-corrected chi connectivity index (χ1v) is 6.82. The second-order valence-electron chi connectivity index (χ2n) is 5.17. The van der Waals surface area contributed by atoms with Crippen molar-refractivity contribution in [1.82, 2.24) is 0 Å². The Morgan fingerprint density at radius 3 is 2.90 bits per heavy atom. The Balaban J connectivity index is 2.16. The molecular weight excluding hydrogens is 300 g/mol. The van der Waals surface area contributed by atoms with Crippen LogP contribution >= 0.6 is 11.6 Å². The van der Waals surface area contributed by atoms with E-state index >= 15 is 0 Å². The molecule has 0 saturated heterocycles. The second kappa shape index (κ2) is 5.87. The summed E-state index contributed by atoms with van der Waals surface area (Å²) in [6.45, 7) is 0. The van der Waals surface area contributed by atoms with E-state index in [1.165, 1.54) is 18.2 Å². The number of non-ortho nitro benzene ring substituents is 1. The summed E-state index contributed by atoms with van der Waals surface area (Å²) in [5.74, 6) is -0.897. The smallest absolute Gasteiger partial charge is 0.323 e. The van der Waals surface area contributed by atoms with Crippen LogP contribution in [0.4, 0.5) is 5.69 Å². The summed E-state index contributed by atoms with van der Waals surface area (Å²) >= 11 is 5.96. The molecule has 0 amide bonds. The average Bonchev–Trinajstić information content (AvgIpc) is 2.41. The molecule has 8 heteroatoms. The first-order chi connectivity index (χ1) is 9.82. The van der Waals surface area contributed by atoms with Gasteiger partial charge in [0.25, 0.3) is 5.69 Å². The van der Waals surface area contributed by atoms with E-state index in [1.54, 1.807) is 0 Å². The van der Waals surface area contributed by atoms with Crippen LogP contribution < -0.4 is 10.5 Å². The number of carboxylic acids is 1. The van der Waals surface area contributed by atoms with Gasteiger partial charge in [-0.15, -0.1) is 0 Å². The third-order valence-corrected chi connectivity index (χ3v) is 3.90. The Bertz CT molecular complexity index is 580. The molecule has 3 N–H and O–H groups in total. The molecule has 1 aromatic carbocycles. The average molecular weight is 315 g/mol. The van der Waals surface area contributed by atoms with Gasteiger partial charge >= 0.3 is 5.97 Å². The lowest BCUT2D eigenvalue weighted by Gasteiger charge is -2.34. The summed E-state index contributed by atoms with van der Waals surface area (Å²) < 4.78 is 5.64. The number of carboxylic acid groups (broad SMARTS) is 1. The Labute approximate surface area is 125 Å². The normalized spacial score (nSPS) is 25.3. The van der Waals surface area contributed by atoms with E-state index in [4.69, 9.17) is 27.2 Å². The lowest BCUT2D eigenvalue weighted by Crippen LogP contribution is -2.53. The number of nitro benzene ring substituents is 1. The number of hydrogen-bond donors (Lipinski definition) is 2. The van der Waals surface area contributed by atoms with Gasteiger partial charge in [0.1, 0.15) is 17.4 Å². The highest BCUT2D eigenvalue weighted by molar-refractivity contribution is 6.32. The standard InChI is InChI=1S/C13H15ClN2O5/c14-10-4-3-8(16(19)20)6-11(10)21-9-2-1-5-13(15,7-9)12(17)18/h3-4,6,9H,1-2,5,7,15H2,(H,17,18). The fraction of sp³-hybridized carbons (Fsp3) is 0.462. The van der Waals surface area contributed by atoms with Crippen LogP contribution in [0, 0.1) is 10.1 Å². The van der Waals surface area contributed by atoms with Gasteiger partial charge in [0.15, 0.2) is 0 Å². The van der Waals surface area contributed by atoms with Crippen molar-refractivity contribution in [3.05, 3.63) is 33.3 Å².